The third-order valence-corrected chi connectivity index (χ3v) is 4.47. The highest BCUT2D eigenvalue weighted by molar-refractivity contribution is 6.35. The Morgan fingerprint density at radius 1 is 1.12 bits per heavy atom. The third-order valence-electron chi connectivity index (χ3n) is 2.67. The molecular weight excluding hydrogens is 240 g/mol. The molecule has 93 valence electrons. The summed E-state index contributed by atoms with van der Waals surface area (Å²) in [6, 6.07) is 5.91. The maximum Gasteiger partial charge on any atom is 0.416 e. The van der Waals surface area contributed by atoms with E-state index < -0.39 is 11.7 Å². The van der Waals surface area contributed by atoms with E-state index in [-0.39, 0.29) is 0 Å². The van der Waals surface area contributed by atoms with Crippen LogP contribution in [0.3, 0.4) is 0 Å². The lowest BCUT2D eigenvalue weighted by molar-refractivity contribution is -0.138. The summed E-state index contributed by atoms with van der Waals surface area (Å²) in [5.74, 6) is 0. The van der Waals surface area contributed by atoms with Gasteiger partial charge in [0.25, 0.3) is 0 Å². The lowest BCUT2D eigenvalue weighted by Crippen LogP contribution is -2.09. The van der Waals surface area contributed by atoms with Crippen molar-refractivity contribution < 1.29 is 13.2 Å². The largest absolute Gasteiger partial charge is 0.416 e. The van der Waals surface area contributed by atoms with Crippen LogP contribution in [0.15, 0.2) is 24.3 Å². The Hall–Kier alpha value is -0.458. The standard InChI is InChI=1S/C10H10F3.C3H7.Al/c1-2-5-8-6-3-4-7-9(8)10(11,12)13;1-3-2;/h3-4,6-7H,1-2,5H2;1,3H2,2H3;. The van der Waals surface area contributed by atoms with Crippen LogP contribution >= 0.6 is 0 Å². The highest BCUT2D eigenvalue weighted by Gasteiger charge is 2.32. The van der Waals surface area contributed by atoms with Crippen LogP contribution in [0.1, 0.15) is 30.9 Å². The number of hydrogen-bond acceptors (Lipinski definition) is 0. The molecule has 1 radical (unpaired) electrons. The Bertz CT molecular complexity index is 334. The average Bonchev–Trinajstić information content (AvgIpc) is 2.28. The monoisotopic (exact) mass is 257 g/mol. The Kier molecular flexibility index (Phi) is 6.08. The van der Waals surface area contributed by atoms with Crippen LogP contribution in [0.25, 0.3) is 0 Å². The van der Waals surface area contributed by atoms with Gasteiger partial charge in [-0.2, -0.15) is 13.2 Å². The summed E-state index contributed by atoms with van der Waals surface area (Å²) in [5.41, 5.74) is -0.0265. The Balaban J connectivity index is 2.53. The lowest BCUT2D eigenvalue weighted by Gasteiger charge is -2.12. The second-order valence-corrected chi connectivity index (χ2v) is 5.86. The third kappa shape index (κ3) is 5.14. The minimum atomic E-state index is -4.22. The average molecular weight is 257 g/mol. The number of alkyl halides is 3. The quantitative estimate of drug-likeness (QED) is 0.516. The van der Waals surface area contributed by atoms with E-state index in [0.29, 0.717) is 27.2 Å². The minimum Gasteiger partial charge on any atom is -0.166 e. The molecule has 0 nitrogen and oxygen atoms in total. The molecule has 0 atom stereocenters. The molecule has 0 spiro atoms. The number of hydrogen-bond donors (Lipinski definition) is 0. The van der Waals surface area contributed by atoms with E-state index in [4.69, 9.17) is 0 Å². The summed E-state index contributed by atoms with van der Waals surface area (Å²) in [6.45, 7) is 2.14. The van der Waals surface area contributed by atoms with E-state index in [1.807, 2.05) is 0 Å². The molecule has 0 fully saturated rings. The fourth-order valence-corrected chi connectivity index (χ4v) is 2.99. The maximum atomic E-state index is 12.7. The predicted molar refractivity (Wildman–Crippen MR) is 65.4 cm³/mol. The van der Waals surface area contributed by atoms with Crippen molar-refractivity contribution >= 4 is 15.2 Å². The first-order chi connectivity index (χ1) is 8.05. The molecule has 4 heteroatoms. The van der Waals surface area contributed by atoms with Gasteiger partial charge in [0.05, 0.1) is 5.56 Å². The van der Waals surface area contributed by atoms with Crippen LogP contribution in [0, 0.1) is 0 Å². The van der Waals surface area contributed by atoms with Gasteiger partial charge >= 0.3 is 6.18 Å². The summed E-state index contributed by atoms with van der Waals surface area (Å²) in [5, 5.41) is 2.35. The smallest absolute Gasteiger partial charge is 0.166 e. The summed E-state index contributed by atoms with van der Waals surface area (Å²) in [4.78, 5) is 0. The topological polar surface area (TPSA) is 0 Å². The summed E-state index contributed by atoms with van der Waals surface area (Å²) < 4.78 is 38.1. The zero-order chi connectivity index (χ0) is 12.7. The van der Waals surface area contributed by atoms with E-state index in [2.05, 4.69) is 6.92 Å². The van der Waals surface area contributed by atoms with Crippen molar-refractivity contribution in [2.45, 2.75) is 42.9 Å². The molecule has 0 N–H and O–H groups in total. The van der Waals surface area contributed by atoms with Crippen LogP contribution in [0.2, 0.25) is 10.6 Å². The molecule has 0 aliphatic rings. The Morgan fingerprint density at radius 3 is 2.47 bits per heavy atom. The molecule has 0 aliphatic heterocycles. The van der Waals surface area contributed by atoms with E-state index in [0.717, 1.165) is 11.7 Å². The molecule has 0 heterocycles. The molecule has 1 rings (SSSR count). The Labute approximate surface area is 107 Å². The molecule has 1 aromatic carbocycles. The van der Waals surface area contributed by atoms with Crippen molar-refractivity contribution in [1.29, 1.82) is 0 Å². The lowest BCUT2D eigenvalue weighted by atomic mass is 10.0. The van der Waals surface area contributed by atoms with Gasteiger partial charge in [0.2, 0.25) is 0 Å². The molecule has 1 aromatic rings. The SMILES string of the molecule is CC[CH2][Al][CH2]CCc1ccccc1C(F)(F)F. The maximum absolute atomic E-state index is 12.7. The van der Waals surface area contributed by atoms with Gasteiger partial charge in [0.15, 0.2) is 15.2 Å². The number of halogens is 3. The van der Waals surface area contributed by atoms with Gasteiger partial charge in [-0.1, -0.05) is 38.0 Å². The van der Waals surface area contributed by atoms with Gasteiger partial charge in [-0.15, -0.1) is 10.6 Å². The van der Waals surface area contributed by atoms with Gasteiger partial charge in [0.1, 0.15) is 0 Å². The molecular formula is C13H17AlF3. The van der Waals surface area contributed by atoms with Crippen molar-refractivity contribution in [3.8, 4) is 0 Å². The summed E-state index contributed by atoms with van der Waals surface area (Å²) >= 11 is 0.427. The first kappa shape index (κ1) is 14.6. The molecule has 0 saturated heterocycles. The fourth-order valence-electron chi connectivity index (χ4n) is 1.80. The van der Waals surface area contributed by atoms with Crippen LogP contribution in [-0.4, -0.2) is 15.2 Å². The molecule has 0 amide bonds. The zero-order valence-corrected chi connectivity index (χ0v) is 11.2. The van der Waals surface area contributed by atoms with Crippen LogP contribution in [-0.2, 0) is 12.6 Å². The minimum absolute atomic E-state index is 0.427. The summed E-state index contributed by atoms with van der Waals surface area (Å²) in [7, 11) is 0. The van der Waals surface area contributed by atoms with Gasteiger partial charge < -0.3 is 0 Å². The van der Waals surface area contributed by atoms with Crippen LogP contribution < -0.4 is 0 Å². The number of rotatable bonds is 6. The van der Waals surface area contributed by atoms with Crippen molar-refractivity contribution in [2.75, 3.05) is 0 Å². The van der Waals surface area contributed by atoms with Gasteiger partial charge in [0, 0.05) is 0 Å². The molecule has 0 bridgehead atoms. The molecule has 0 aliphatic carbocycles. The van der Waals surface area contributed by atoms with Crippen molar-refractivity contribution in [3.05, 3.63) is 35.4 Å². The molecule has 0 unspecified atom stereocenters. The Morgan fingerprint density at radius 2 is 1.82 bits per heavy atom. The predicted octanol–water partition coefficient (Wildman–Crippen LogP) is 4.59. The van der Waals surface area contributed by atoms with Gasteiger partial charge in [-0.3, -0.25) is 0 Å². The number of aryl methyl sites for hydroxylation is 1. The van der Waals surface area contributed by atoms with Crippen LogP contribution in [0.4, 0.5) is 13.2 Å². The highest BCUT2D eigenvalue weighted by Crippen LogP contribution is 2.32. The van der Waals surface area contributed by atoms with Crippen molar-refractivity contribution in [2.24, 2.45) is 0 Å². The van der Waals surface area contributed by atoms with Gasteiger partial charge in [-0.25, -0.2) is 0 Å². The highest BCUT2D eigenvalue weighted by atomic mass is 27.1. The first-order valence-electron chi connectivity index (χ1n) is 6.02. The van der Waals surface area contributed by atoms with E-state index in [1.165, 1.54) is 23.8 Å². The molecule has 17 heavy (non-hydrogen) atoms. The normalized spacial score (nSPS) is 11.5. The number of benzene rings is 1. The first-order valence-corrected chi connectivity index (χ1v) is 7.65. The van der Waals surface area contributed by atoms with Crippen LogP contribution in [0.5, 0.6) is 0 Å². The van der Waals surface area contributed by atoms with Crippen molar-refractivity contribution in [3.63, 3.8) is 0 Å². The second kappa shape index (κ2) is 7.08. The van der Waals surface area contributed by atoms with E-state index in [1.54, 1.807) is 12.1 Å². The van der Waals surface area contributed by atoms with E-state index >= 15 is 0 Å². The molecule has 0 saturated carbocycles. The zero-order valence-electron chi connectivity index (χ0n) is 10.1. The second-order valence-electron chi connectivity index (χ2n) is 4.12. The van der Waals surface area contributed by atoms with E-state index in [9.17, 15) is 13.2 Å². The summed E-state index contributed by atoms with van der Waals surface area (Å²) in [6.07, 6.45) is -1.60. The molecule has 0 aromatic heterocycles. The van der Waals surface area contributed by atoms with Gasteiger partial charge in [-0.05, 0) is 18.1 Å². The van der Waals surface area contributed by atoms with Crippen molar-refractivity contribution in [1.82, 2.24) is 0 Å². The fraction of sp³-hybridized carbons (Fsp3) is 0.538.